The molecule has 0 bridgehead atoms. The summed E-state index contributed by atoms with van der Waals surface area (Å²) in [5.41, 5.74) is 6.50. The minimum absolute atomic E-state index is 0.440. The number of imidazole rings is 1. The zero-order valence-electron chi connectivity index (χ0n) is 10.1. The third-order valence-electron chi connectivity index (χ3n) is 2.68. The Hall–Kier alpha value is -1.81. The highest BCUT2D eigenvalue weighted by molar-refractivity contribution is 6.31. The highest BCUT2D eigenvalue weighted by atomic mass is 35.5. The van der Waals surface area contributed by atoms with Crippen LogP contribution in [0.2, 0.25) is 5.02 Å². The van der Waals surface area contributed by atoms with Gasteiger partial charge in [-0.2, -0.15) is 0 Å². The third kappa shape index (κ3) is 2.38. The van der Waals surface area contributed by atoms with Crippen molar-refractivity contribution in [1.82, 2.24) is 9.55 Å². The van der Waals surface area contributed by atoms with Gasteiger partial charge in [-0.1, -0.05) is 18.5 Å². The van der Waals surface area contributed by atoms with Gasteiger partial charge in [0.2, 0.25) is 0 Å². The van der Waals surface area contributed by atoms with E-state index in [1.54, 1.807) is 24.4 Å². The SMILES string of the molecule is CCCc1nccn1-c1cc(Cl)ccc1C(N)=O. The Kier molecular flexibility index (Phi) is 3.67. The molecule has 0 atom stereocenters. The van der Waals surface area contributed by atoms with E-state index in [2.05, 4.69) is 11.9 Å². The lowest BCUT2D eigenvalue weighted by atomic mass is 10.1. The van der Waals surface area contributed by atoms with Crippen molar-refractivity contribution in [3.05, 3.63) is 47.0 Å². The molecule has 0 aliphatic carbocycles. The second-order valence-electron chi connectivity index (χ2n) is 3.99. The molecule has 0 radical (unpaired) electrons. The predicted molar refractivity (Wildman–Crippen MR) is 71.1 cm³/mol. The van der Waals surface area contributed by atoms with Gasteiger partial charge >= 0.3 is 0 Å². The van der Waals surface area contributed by atoms with E-state index < -0.39 is 5.91 Å². The van der Waals surface area contributed by atoms with Gasteiger partial charge in [-0.15, -0.1) is 0 Å². The van der Waals surface area contributed by atoms with Gasteiger partial charge in [0, 0.05) is 23.8 Å². The van der Waals surface area contributed by atoms with E-state index in [-0.39, 0.29) is 0 Å². The Labute approximate surface area is 110 Å². The van der Waals surface area contributed by atoms with Crippen LogP contribution in [-0.2, 0) is 6.42 Å². The van der Waals surface area contributed by atoms with Crippen molar-refractivity contribution in [3.8, 4) is 5.69 Å². The highest BCUT2D eigenvalue weighted by Gasteiger charge is 2.13. The molecule has 94 valence electrons. The van der Waals surface area contributed by atoms with Crippen molar-refractivity contribution < 1.29 is 4.79 Å². The van der Waals surface area contributed by atoms with E-state index in [4.69, 9.17) is 17.3 Å². The maximum Gasteiger partial charge on any atom is 0.250 e. The smallest absolute Gasteiger partial charge is 0.250 e. The van der Waals surface area contributed by atoms with E-state index in [1.807, 2.05) is 10.8 Å². The number of hydrogen-bond acceptors (Lipinski definition) is 2. The van der Waals surface area contributed by atoms with E-state index >= 15 is 0 Å². The van der Waals surface area contributed by atoms with Crippen molar-refractivity contribution in [2.24, 2.45) is 5.73 Å². The van der Waals surface area contributed by atoms with Crippen LogP contribution in [0.1, 0.15) is 29.5 Å². The largest absolute Gasteiger partial charge is 0.366 e. The molecule has 0 saturated carbocycles. The molecule has 2 N–H and O–H groups in total. The Bertz CT molecular complexity index is 577. The summed E-state index contributed by atoms with van der Waals surface area (Å²) < 4.78 is 1.86. The zero-order chi connectivity index (χ0) is 13.1. The Morgan fingerprint density at radius 2 is 2.28 bits per heavy atom. The number of benzene rings is 1. The number of rotatable bonds is 4. The molecule has 1 amide bonds. The van der Waals surface area contributed by atoms with Crippen molar-refractivity contribution in [2.75, 3.05) is 0 Å². The number of carbonyl (C=O) groups excluding carboxylic acids is 1. The van der Waals surface area contributed by atoms with Crippen LogP contribution >= 0.6 is 11.6 Å². The zero-order valence-corrected chi connectivity index (χ0v) is 10.8. The van der Waals surface area contributed by atoms with Crippen molar-refractivity contribution in [3.63, 3.8) is 0 Å². The minimum atomic E-state index is -0.474. The first-order chi connectivity index (χ1) is 8.63. The average molecular weight is 264 g/mol. The fraction of sp³-hybridized carbons (Fsp3) is 0.231. The average Bonchev–Trinajstić information content (AvgIpc) is 2.77. The van der Waals surface area contributed by atoms with Gasteiger partial charge < -0.3 is 10.3 Å². The first kappa shape index (κ1) is 12.6. The number of nitrogens with two attached hydrogens (primary N) is 1. The quantitative estimate of drug-likeness (QED) is 0.922. The summed E-state index contributed by atoms with van der Waals surface area (Å²) in [5, 5.41) is 0.561. The normalized spacial score (nSPS) is 10.6. The number of aromatic nitrogens is 2. The molecular formula is C13H14ClN3O. The number of amides is 1. The summed E-state index contributed by atoms with van der Waals surface area (Å²) in [6, 6.07) is 5.01. The second kappa shape index (κ2) is 5.23. The number of nitrogens with zero attached hydrogens (tertiary/aromatic N) is 2. The molecule has 18 heavy (non-hydrogen) atoms. The lowest BCUT2D eigenvalue weighted by molar-refractivity contribution is 0.100. The van der Waals surface area contributed by atoms with E-state index in [9.17, 15) is 4.79 Å². The van der Waals surface area contributed by atoms with Crippen LogP contribution in [0.25, 0.3) is 5.69 Å². The van der Waals surface area contributed by atoms with E-state index in [0.717, 1.165) is 18.7 Å². The first-order valence-electron chi connectivity index (χ1n) is 5.75. The summed E-state index contributed by atoms with van der Waals surface area (Å²) in [7, 11) is 0. The monoisotopic (exact) mass is 263 g/mol. The van der Waals surface area contributed by atoms with Crippen LogP contribution < -0.4 is 5.73 Å². The maximum absolute atomic E-state index is 11.4. The lowest BCUT2D eigenvalue weighted by Crippen LogP contribution is -2.15. The molecule has 0 aliphatic rings. The van der Waals surface area contributed by atoms with Gasteiger partial charge in [0.05, 0.1) is 11.3 Å². The molecule has 0 spiro atoms. The molecule has 1 aromatic heterocycles. The van der Waals surface area contributed by atoms with Gasteiger partial charge in [-0.3, -0.25) is 4.79 Å². The molecule has 1 aromatic carbocycles. The first-order valence-corrected chi connectivity index (χ1v) is 6.13. The third-order valence-corrected chi connectivity index (χ3v) is 2.91. The lowest BCUT2D eigenvalue weighted by Gasteiger charge is -2.11. The van der Waals surface area contributed by atoms with Crippen LogP contribution in [0.15, 0.2) is 30.6 Å². The Morgan fingerprint density at radius 3 is 2.94 bits per heavy atom. The molecule has 4 nitrogen and oxygen atoms in total. The number of halogens is 1. The van der Waals surface area contributed by atoms with Crippen molar-refractivity contribution in [1.29, 1.82) is 0 Å². The van der Waals surface area contributed by atoms with E-state index in [0.29, 0.717) is 16.3 Å². The summed E-state index contributed by atoms with van der Waals surface area (Å²) >= 11 is 5.98. The molecule has 5 heteroatoms. The summed E-state index contributed by atoms with van der Waals surface area (Å²) in [6.45, 7) is 2.08. The molecule has 1 heterocycles. The fourth-order valence-corrected chi connectivity index (χ4v) is 2.04. The maximum atomic E-state index is 11.4. The predicted octanol–water partition coefficient (Wildman–Crippen LogP) is 2.58. The van der Waals surface area contributed by atoms with Gasteiger partial charge in [0.1, 0.15) is 5.82 Å². The number of aryl methyl sites for hydroxylation is 1. The van der Waals surface area contributed by atoms with Gasteiger partial charge in [0.25, 0.3) is 5.91 Å². The van der Waals surface area contributed by atoms with Crippen molar-refractivity contribution in [2.45, 2.75) is 19.8 Å². The molecular weight excluding hydrogens is 250 g/mol. The standard InChI is InChI=1S/C13H14ClN3O/c1-2-3-12-16-6-7-17(12)11-8-9(14)4-5-10(11)13(15)18/h4-8H,2-3H2,1H3,(H2,15,18). The van der Waals surface area contributed by atoms with Gasteiger partial charge in [-0.25, -0.2) is 4.98 Å². The molecule has 0 saturated heterocycles. The summed E-state index contributed by atoms with van der Waals surface area (Å²) in [6.07, 6.45) is 5.32. The number of carbonyl (C=O) groups is 1. The van der Waals surface area contributed by atoms with Crippen LogP contribution in [-0.4, -0.2) is 15.5 Å². The van der Waals surface area contributed by atoms with Crippen LogP contribution in [0.3, 0.4) is 0 Å². The van der Waals surface area contributed by atoms with Crippen LogP contribution in [0.5, 0.6) is 0 Å². The molecule has 2 rings (SSSR count). The fourth-order valence-electron chi connectivity index (χ4n) is 1.87. The van der Waals surface area contributed by atoms with Crippen molar-refractivity contribution >= 4 is 17.5 Å². The van der Waals surface area contributed by atoms with Gasteiger partial charge in [-0.05, 0) is 24.6 Å². The summed E-state index contributed by atoms with van der Waals surface area (Å²) in [4.78, 5) is 15.7. The Balaban J connectivity index is 2.58. The van der Waals surface area contributed by atoms with Gasteiger partial charge in [0.15, 0.2) is 0 Å². The van der Waals surface area contributed by atoms with E-state index in [1.165, 1.54) is 0 Å². The molecule has 0 unspecified atom stereocenters. The topological polar surface area (TPSA) is 60.9 Å². The number of hydrogen-bond donors (Lipinski definition) is 1. The second-order valence-corrected chi connectivity index (χ2v) is 4.43. The molecule has 0 fully saturated rings. The molecule has 0 aliphatic heterocycles. The molecule has 2 aromatic rings. The van der Waals surface area contributed by atoms with Crippen LogP contribution in [0.4, 0.5) is 0 Å². The minimum Gasteiger partial charge on any atom is -0.366 e. The van der Waals surface area contributed by atoms with Crippen LogP contribution in [0, 0.1) is 0 Å². The Morgan fingerprint density at radius 1 is 1.50 bits per heavy atom. The highest BCUT2D eigenvalue weighted by Crippen LogP contribution is 2.21. The number of primary amides is 1. The summed E-state index contributed by atoms with van der Waals surface area (Å²) in [5.74, 6) is 0.417.